The topological polar surface area (TPSA) is 21.7 Å². The highest BCUT2D eigenvalue weighted by Crippen LogP contribution is 2.33. The third-order valence-corrected chi connectivity index (χ3v) is 3.03. The summed E-state index contributed by atoms with van der Waals surface area (Å²) in [5.74, 6) is 1.75. The van der Waals surface area contributed by atoms with E-state index in [4.69, 9.17) is 9.47 Å². The number of hydrogen-bond acceptors (Lipinski definition) is 3. The van der Waals surface area contributed by atoms with Crippen LogP contribution in [-0.4, -0.2) is 32.2 Å². The van der Waals surface area contributed by atoms with E-state index in [1.54, 1.807) is 0 Å². The summed E-state index contributed by atoms with van der Waals surface area (Å²) in [4.78, 5) is 2.18. The van der Waals surface area contributed by atoms with Crippen molar-refractivity contribution in [3.8, 4) is 11.5 Å². The van der Waals surface area contributed by atoms with Crippen LogP contribution in [0.5, 0.6) is 11.5 Å². The molecular weight excluding hydrogens is 202 g/mol. The normalized spacial score (nSPS) is 17.0. The molecule has 2 rings (SSSR count). The minimum absolute atomic E-state index is 0.386. The summed E-state index contributed by atoms with van der Waals surface area (Å²) in [5.41, 5.74) is 1.26. The van der Waals surface area contributed by atoms with Crippen molar-refractivity contribution in [3.63, 3.8) is 0 Å². The maximum atomic E-state index is 5.68. The molecule has 88 valence electrons. The van der Waals surface area contributed by atoms with Gasteiger partial charge >= 0.3 is 0 Å². The van der Waals surface area contributed by atoms with E-state index < -0.39 is 0 Å². The van der Waals surface area contributed by atoms with Gasteiger partial charge in [-0.05, 0) is 38.7 Å². The largest absolute Gasteiger partial charge is 0.490 e. The first-order valence-electron chi connectivity index (χ1n) is 5.74. The van der Waals surface area contributed by atoms with Gasteiger partial charge in [-0.1, -0.05) is 6.07 Å². The SMILES string of the molecule is CC(c1ccc2c(c1)OCCCO2)N(C)C. The molecule has 1 aromatic carbocycles. The van der Waals surface area contributed by atoms with E-state index in [0.29, 0.717) is 6.04 Å². The molecule has 0 N–H and O–H groups in total. The molecule has 1 atom stereocenters. The van der Waals surface area contributed by atoms with Crippen LogP contribution in [-0.2, 0) is 0 Å². The molecule has 1 aromatic rings. The Balaban J connectivity index is 2.27. The molecule has 0 saturated heterocycles. The molecule has 0 fully saturated rings. The molecule has 0 amide bonds. The van der Waals surface area contributed by atoms with Gasteiger partial charge in [-0.15, -0.1) is 0 Å². The van der Waals surface area contributed by atoms with Crippen LogP contribution >= 0.6 is 0 Å². The summed E-state index contributed by atoms with van der Waals surface area (Å²) < 4.78 is 11.3. The van der Waals surface area contributed by atoms with Crippen molar-refractivity contribution >= 4 is 0 Å². The highest BCUT2D eigenvalue weighted by atomic mass is 16.5. The zero-order valence-electron chi connectivity index (χ0n) is 10.2. The Kier molecular flexibility index (Phi) is 3.34. The smallest absolute Gasteiger partial charge is 0.161 e. The number of rotatable bonds is 2. The van der Waals surface area contributed by atoms with E-state index in [0.717, 1.165) is 31.1 Å². The van der Waals surface area contributed by atoms with Crippen LogP contribution in [0, 0.1) is 0 Å². The van der Waals surface area contributed by atoms with Crippen LogP contribution in [0.2, 0.25) is 0 Å². The number of fused-ring (bicyclic) bond motifs is 1. The van der Waals surface area contributed by atoms with Gasteiger partial charge in [-0.3, -0.25) is 0 Å². The Morgan fingerprint density at radius 2 is 1.81 bits per heavy atom. The molecular formula is C13H19NO2. The number of benzene rings is 1. The van der Waals surface area contributed by atoms with Crippen molar-refractivity contribution in [2.24, 2.45) is 0 Å². The number of ether oxygens (including phenoxy) is 2. The average molecular weight is 221 g/mol. The summed E-state index contributed by atoms with van der Waals surface area (Å²) in [6.07, 6.45) is 0.952. The van der Waals surface area contributed by atoms with Gasteiger partial charge in [0.2, 0.25) is 0 Å². The zero-order valence-corrected chi connectivity index (χ0v) is 10.2. The van der Waals surface area contributed by atoms with Gasteiger partial charge in [0.1, 0.15) is 0 Å². The lowest BCUT2D eigenvalue weighted by molar-refractivity contribution is 0.296. The van der Waals surface area contributed by atoms with Crippen molar-refractivity contribution in [3.05, 3.63) is 23.8 Å². The van der Waals surface area contributed by atoms with Crippen molar-refractivity contribution in [1.82, 2.24) is 4.90 Å². The average Bonchev–Trinajstić information content (AvgIpc) is 2.51. The summed E-state index contributed by atoms with van der Waals surface area (Å²) in [5, 5.41) is 0. The quantitative estimate of drug-likeness (QED) is 0.765. The first-order valence-corrected chi connectivity index (χ1v) is 5.74. The highest BCUT2D eigenvalue weighted by Gasteiger charge is 2.14. The zero-order chi connectivity index (χ0) is 11.5. The van der Waals surface area contributed by atoms with Gasteiger partial charge in [0.25, 0.3) is 0 Å². The first kappa shape index (κ1) is 11.3. The maximum Gasteiger partial charge on any atom is 0.161 e. The number of hydrogen-bond donors (Lipinski definition) is 0. The van der Waals surface area contributed by atoms with Crippen LogP contribution in [0.1, 0.15) is 24.9 Å². The van der Waals surface area contributed by atoms with Gasteiger partial charge in [0.15, 0.2) is 11.5 Å². The van der Waals surface area contributed by atoms with Crippen molar-refractivity contribution in [1.29, 1.82) is 0 Å². The van der Waals surface area contributed by atoms with Crippen LogP contribution in [0.25, 0.3) is 0 Å². The minimum Gasteiger partial charge on any atom is -0.490 e. The standard InChI is InChI=1S/C13H19NO2/c1-10(14(2)3)11-5-6-12-13(9-11)16-8-4-7-15-12/h5-6,9-10H,4,7-8H2,1-3H3. The monoisotopic (exact) mass is 221 g/mol. The molecule has 0 bridgehead atoms. The molecule has 1 unspecified atom stereocenters. The molecule has 0 aliphatic carbocycles. The fraction of sp³-hybridized carbons (Fsp3) is 0.538. The van der Waals surface area contributed by atoms with Crippen molar-refractivity contribution < 1.29 is 9.47 Å². The second kappa shape index (κ2) is 4.74. The van der Waals surface area contributed by atoms with Crippen LogP contribution in [0.4, 0.5) is 0 Å². The molecule has 1 aliphatic heterocycles. The highest BCUT2D eigenvalue weighted by molar-refractivity contribution is 5.44. The summed E-state index contributed by atoms with van der Waals surface area (Å²) in [6, 6.07) is 6.59. The van der Waals surface area contributed by atoms with Gasteiger partial charge in [0.05, 0.1) is 13.2 Å². The summed E-state index contributed by atoms with van der Waals surface area (Å²) >= 11 is 0. The Morgan fingerprint density at radius 1 is 1.12 bits per heavy atom. The lowest BCUT2D eigenvalue weighted by atomic mass is 10.1. The first-order chi connectivity index (χ1) is 7.68. The van der Waals surface area contributed by atoms with E-state index in [1.807, 2.05) is 6.07 Å². The predicted molar refractivity (Wildman–Crippen MR) is 64.2 cm³/mol. The van der Waals surface area contributed by atoms with E-state index in [2.05, 4.69) is 38.1 Å². The third-order valence-electron chi connectivity index (χ3n) is 3.03. The molecule has 1 heterocycles. The van der Waals surface area contributed by atoms with Crippen LogP contribution < -0.4 is 9.47 Å². The van der Waals surface area contributed by atoms with Gasteiger partial charge in [0, 0.05) is 12.5 Å². The Bertz CT molecular complexity index is 363. The van der Waals surface area contributed by atoms with Gasteiger partial charge in [-0.25, -0.2) is 0 Å². The van der Waals surface area contributed by atoms with Crippen molar-refractivity contribution in [2.75, 3.05) is 27.3 Å². The van der Waals surface area contributed by atoms with Crippen LogP contribution in [0.3, 0.4) is 0 Å². The van der Waals surface area contributed by atoms with E-state index in [1.165, 1.54) is 5.56 Å². The Morgan fingerprint density at radius 3 is 2.50 bits per heavy atom. The van der Waals surface area contributed by atoms with Gasteiger partial charge < -0.3 is 14.4 Å². The predicted octanol–water partition coefficient (Wildman–Crippen LogP) is 2.47. The lowest BCUT2D eigenvalue weighted by Crippen LogP contribution is -2.16. The molecule has 3 nitrogen and oxygen atoms in total. The van der Waals surface area contributed by atoms with Gasteiger partial charge in [-0.2, -0.15) is 0 Å². The lowest BCUT2D eigenvalue weighted by Gasteiger charge is -2.21. The molecule has 0 saturated carbocycles. The summed E-state index contributed by atoms with van der Waals surface area (Å²) in [7, 11) is 4.15. The summed E-state index contributed by atoms with van der Waals surface area (Å²) in [6.45, 7) is 3.67. The minimum atomic E-state index is 0.386. The Hall–Kier alpha value is -1.22. The number of nitrogens with zero attached hydrogens (tertiary/aromatic N) is 1. The molecule has 16 heavy (non-hydrogen) atoms. The van der Waals surface area contributed by atoms with E-state index in [-0.39, 0.29) is 0 Å². The second-order valence-electron chi connectivity index (χ2n) is 4.40. The third kappa shape index (κ3) is 2.30. The van der Waals surface area contributed by atoms with E-state index >= 15 is 0 Å². The van der Waals surface area contributed by atoms with Crippen molar-refractivity contribution in [2.45, 2.75) is 19.4 Å². The fourth-order valence-corrected chi connectivity index (χ4v) is 1.74. The second-order valence-corrected chi connectivity index (χ2v) is 4.40. The fourth-order valence-electron chi connectivity index (χ4n) is 1.74. The Labute approximate surface area is 97.0 Å². The maximum absolute atomic E-state index is 5.68. The molecule has 0 spiro atoms. The molecule has 0 radical (unpaired) electrons. The molecule has 0 aromatic heterocycles. The van der Waals surface area contributed by atoms with Crippen LogP contribution in [0.15, 0.2) is 18.2 Å². The molecule has 1 aliphatic rings. The molecule has 3 heteroatoms. The van der Waals surface area contributed by atoms with E-state index in [9.17, 15) is 0 Å².